The standard InChI is InChI=1S/C9H11F3N2O10P2/c10-4-2-14(8(16)13-7(4)15)6-1-5(11)9(12,23-6)3-22-26(20,21)24-25(17,18)19/h2,5-6H,1,3H2,(H,20,21)(H,13,15,16)(H2,17,18,19)/t5-,6+,9+/m0/s1. The number of nitrogens with one attached hydrogen (secondary N) is 1. The van der Waals surface area contributed by atoms with Gasteiger partial charge in [-0.05, 0) is 0 Å². The van der Waals surface area contributed by atoms with Gasteiger partial charge in [0.05, 0.1) is 6.20 Å². The maximum atomic E-state index is 14.4. The minimum atomic E-state index is -5.48. The fraction of sp³-hybridized carbons (Fsp3) is 0.556. The first kappa shape index (κ1) is 21.0. The van der Waals surface area contributed by atoms with Crippen molar-refractivity contribution in [2.75, 3.05) is 6.61 Å². The van der Waals surface area contributed by atoms with Gasteiger partial charge in [-0.25, -0.2) is 22.7 Å². The lowest BCUT2D eigenvalue weighted by atomic mass is 10.2. The van der Waals surface area contributed by atoms with Crippen LogP contribution in [0.3, 0.4) is 0 Å². The van der Waals surface area contributed by atoms with E-state index >= 15 is 0 Å². The molecule has 0 bridgehead atoms. The summed E-state index contributed by atoms with van der Waals surface area (Å²) in [5.74, 6) is -4.88. The Morgan fingerprint density at radius 2 is 2.00 bits per heavy atom. The Labute approximate surface area is 141 Å². The molecule has 2 rings (SSSR count). The van der Waals surface area contributed by atoms with Crippen LogP contribution in [-0.4, -0.2) is 42.9 Å². The molecular formula is C9H11F3N2O10P2. The van der Waals surface area contributed by atoms with Crippen molar-refractivity contribution < 1.29 is 50.6 Å². The Kier molecular flexibility index (Phi) is 5.67. The van der Waals surface area contributed by atoms with E-state index in [2.05, 4.69) is 13.6 Å². The van der Waals surface area contributed by atoms with E-state index in [1.165, 1.54) is 4.98 Å². The van der Waals surface area contributed by atoms with Gasteiger partial charge in [0.1, 0.15) is 12.8 Å². The van der Waals surface area contributed by atoms with Crippen LogP contribution in [0.5, 0.6) is 0 Å². The van der Waals surface area contributed by atoms with Crippen LogP contribution in [0.15, 0.2) is 15.8 Å². The first-order valence-electron chi connectivity index (χ1n) is 6.48. The van der Waals surface area contributed by atoms with Crippen molar-refractivity contribution in [2.45, 2.75) is 24.7 Å². The second-order valence-electron chi connectivity index (χ2n) is 5.02. The molecule has 4 atom stereocenters. The van der Waals surface area contributed by atoms with Crippen molar-refractivity contribution in [1.82, 2.24) is 9.55 Å². The third kappa shape index (κ3) is 4.90. The highest BCUT2D eigenvalue weighted by Gasteiger charge is 2.53. The average molecular weight is 426 g/mol. The molecule has 1 saturated heterocycles. The molecule has 12 nitrogen and oxygen atoms in total. The summed E-state index contributed by atoms with van der Waals surface area (Å²) in [5.41, 5.74) is -2.61. The molecule has 1 aliphatic heterocycles. The van der Waals surface area contributed by atoms with E-state index in [-0.39, 0.29) is 0 Å². The maximum Gasteiger partial charge on any atom is 0.481 e. The molecule has 26 heavy (non-hydrogen) atoms. The molecule has 0 amide bonds. The molecule has 0 saturated carbocycles. The normalized spacial score (nSPS) is 28.8. The van der Waals surface area contributed by atoms with Gasteiger partial charge in [0, 0.05) is 6.42 Å². The predicted octanol–water partition coefficient (Wildman–Crippen LogP) is -0.175. The van der Waals surface area contributed by atoms with Gasteiger partial charge in [-0.1, -0.05) is 0 Å². The third-order valence-electron chi connectivity index (χ3n) is 3.08. The van der Waals surface area contributed by atoms with Gasteiger partial charge in [-0.15, -0.1) is 0 Å². The van der Waals surface area contributed by atoms with Crippen molar-refractivity contribution >= 4 is 15.6 Å². The number of rotatable bonds is 6. The fourth-order valence-corrected chi connectivity index (χ4v) is 3.60. The van der Waals surface area contributed by atoms with Gasteiger partial charge in [0.15, 0.2) is 6.17 Å². The van der Waals surface area contributed by atoms with E-state index in [0.717, 1.165) is 0 Å². The molecule has 0 aromatic carbocycles. The summed E-state index contributed by atoms with van der Waals surface area (Å²) in [4.78, 5) is 49.9. The number of H-pyrrole nitrogens is 1. The summed E-state index contributed by atoms with van der Waals surface area (Å²) in [6.07, 6.45) is -4.83. The Hall–Kier alpha value is -1.31. The third-order valence-corrected chi connectivity index (χ3v) is 5.21. The first-order chi connectivity index (χ1) is 11.7. The highest BCUT2D eigenvalue weighted by molar-refractivity contribution is 7.60. The number of hydrogen-bond acceptors (Lipinski definition) is 7. The topological polar surface area (TPSA) is 177 Å². The van der Waals surface area contributed by atoms with Crippen LogP contribution >= 0.6 is 15.6 Å². The highest BCUT2D eigenvalue weighted by Crippen LogP contribution is 2.58. The van der Waals surface area contributed by atoms with Gasteiger partial charge >= 0.3 is 21.3 Å². The van der Waals surface area contributed by atoms with Crippen LogP contribution in [0.4, 0.5) is 13.2 Å². The zero-order valence-corrected chi connectivity index (χ0v) is 14.1. The van der Waals surface area contributed by atoms with Crippen LogP contribution in [0.1, 0.15) is 12.6 Å². The van der Waals surface area contributed by atoms with Gasteiger partial charge in [0.2, 0.25) is 5.82 Å². The minimum Gasteiger partial charge on any atom is -0.317 e. The fourth-order valence-electron chi connectivity index (χ4n) is 2.00. The van der Waals surface area contributed by atoms with Crippen molar-refractivity contribution in [3.05, 3.63) is 32.9 Å². The first-order valence-corrected chi connectivity index (χ1v) is 9.51. The number of phosphoric acid groups is 2. The number of aromatic nitrogens is 2. The lowest BCUT2D eigenvalue weighted by Gasteiger charge is -2.23. The van der Waals surface area contributed by atoms with Crippen LogP contribution < -0.4 is 11.2 Å². The molecule has 2 heterocycles. The van der Waals surface area contributed by atoms with E-state index in [0.29, 0.717) is 10.8 Å². The van der Waals surface area contributed by atoms with Crippen molar-refractivity contribution in [1.29, 1.82) is 0 Å². The zero-order valence-electron chi connectivity index (χ0n) is 12.3. The van der Waals surface area contributed by atoms with Gasteiger partial charge in [-0.3, -0.25) is 18.9 Å². The van der Waals surface area contributed by atoms with Gasteiger partial charge in [-0.2, -0.15) is 8.70 Å². The number of hydrogen-bond donors (Lipinski definition) is 4. The molecule has 17 heteroatoms. The second-order valence-corrected chi connectivity index (χ2v) is 7.85. The van der Waals surface area contributed by atoms with Crippen LogP contribution in [-0.2, 0) is 22.7 Å². The van der Waals surface area contributed by atoms with Gasteiger partial charge < -0.3 is 19.4 Å². The summed E-state index contributed by atoms with van der Waals surface area (Å²) < 4.78 is 75.6. The molecule has 1 fully saturated rings. The lowest BCUT2D eigenvalue weighted by molar-refractivity contribution is -0.193. The molecule has 1 aromatic rings. The van der Waals surface area contributed by atoms with Crippen molar-refractivity contribution in [3.8, 4) is 0 Å². The smallest absolute Gasteiger partial charge is 0.317 e. The SMILES string of the molecule is O=c1[nH]c(=O)n([C@H]2C[C@H](F)[C@@](F)(COP(=O)(O)OP(=O)(O)O)O2)cc1F. The number of ether oxygens (including phenoxy) is 1. The highest BCUT2D eigenvalue weighted by atomic mass is 31.3. The number of aromatic amines is 1. The second kappa shape index (κ2) is 7.02. The lowest BCUT2D eigenvalue weighted by Crippen LogP contribution is -2.38. The van der Waals surface area contributed by atoms with Crippen molar-refractivity contribution in [3.63, 3.8) is 0 Å². The van der Waals surface area contributed by atoms with E-state index in [4.69, 9.17) is 14.7 Å². The summed E-state index contributed by atoms with van der Waals surface area (Å²) in [6, 6.07) is 0. The Morgan fingerprint density at radius 3 is 2.58 bits per heavy atom. The molecule has 1 aliphatic rings. The monoisotopic (exact) mass is 426 g/mol. The molecule has 148 valence electrons. The molecule has 1 aromatic heterocycles. The average Bonchev–Trinajstić information content (AvgIpc) is 2.75. The van der Waals surface area contributed by atoms with E-state index < -0.39 is 64.0 Å². The van der Waals surface area contributed by atoms with Crippen LogP contribution in [0, 0.1) is 5.82 Å². The van der Waals surface area contributed by atoms with Crippen molar-refractivity contribution in [2.24, 2.45) is 0 Å². The molecule has 0 spiro atoms. The number of halogens is 3. The molecule has 0 radical (unpaired) electrons. The molecule has 1 unspecified atom stereocenters. The van der Waals surface area contributed by atoms with Gasteiger partial charge in [0.25, 0.3) is 11.4 Å². The summed E-state index contributed by atoms with van der Waals surface area (Å²) in [7, 11) is -11.0. The largest absolute Gasteiger partial charge is 0.481 e. The quantitative estimate of drug-likeness (QED) is 0.446. The number of phosphoric ester groups is 1. The van der Waals surface area contributed by atoms with Crippen LogP contribution in [0.25, 0.3) is 0 Å². The van der Waals surface area contributed by atoms with E-state index in [1.807, 2.05) is 0 Å². The Morgan fingerprint density at radius 1 is 1.38 bits per heavy atom. The van der Waals surface area contributed by atoms with E-state index in [9.17, 15) is 31.9 Å². The van der Waals surface area contributed by atoms with E-state index in [1.54, 1.807) is 0 Å². The summed E-state index contributed by atoms with van der Waals surface area (Å²) >= 11 is 0. The summed E-state index contributed by atoms with van der Waals surface area (Å²) in [5, 5.41) is 0. The number of nitrogens with zero attached hydrogens (tertiary/aromatic N) is 1. The molecule has 0 aliphatic carbocycles. The number of alkyl halides is 2. The Bertz CT molecular complexity index is 898. The zero-order chi connectivity index (χ0) is 19.9. The molecule has 4 N–H and O–H groups in total. The predicted molar refractivity (Wildman–Crippen MR) is 73.7 cm³/mol. The molecular weight excluding hydrogens is 415 g/mol. The summed E-state index contributed by atoms with van der Waals surface area (Å²) in [6.45, 7) is -1.65. The maximum absolute atomic E-state index is 14.4. The van der Waals surface area contributed by atoms with Crippen LogP contribution in [0.2, 0.25) is 0 Å². The minimum absolute atomic E-state index is 0.343. The Balaban J connectivity index is 2.16.